The third-order valence-electron chi connectivity index (χ3n) is 2.76. The van der Waals surface area contributed by atoms with Crippen LogP contribution in [0.15, 0.2) is 0 Å². The molecule has 0 N–H and O–H groups in total. The van der Waals surface area contributed by atoms with Crippen LogP contribution in [0.5, 0.6) is 0 Å². The van der Waals surface area contributed by atoms with Crippen molar-refractivity contribution in [1.29, 1.82) is 0 Å². The van der Waals surface area contributed by atoms with Gasteiger partial charge < -0.3 is 9.05 Å². The van der Waals surface area contributed by atoms with Crippen molar-refractivity contribution in [2.45, 2.75) is 39.5 Å². The highest BCUT2D eigenvalue weighted by Gasteiger charge is 2.34. The summed E-state index contributed by atoms with van der Waals surface area (Å²) in [4.78, 5) is 0. The maximum absolute atomic E-state index is 5.76. The summed E-state index contributed by atoms with van der Waals surface area (Å²) in [5.74, 6) is 0. The lowest BCUT2D eigenvalue weighted by Crippen LogP contribution is -2.33. The molecule has 1 aliphatic heterocycles. The first-order valence-corrected chi connectivity index (χ1v) is 7.02. The highest BCUT2D eigenvalue weighted by atomic mass is 35.7. The molecular weight excluding hydrogens is 207 g/mol. The number of hydrogen-bond donors (Lipinski definition) is 0. The Hall–Kier alpha value is 0.640. The molecule has 1 rings (SSSR count). The van der Waals surface area contributed by atoms with Crippen molar-refractivity contribution >= 4 is 19.0 Å². The molecule has 0 saturated carbocycles. The monoisotopic (exact) mass is 224 g/mol. The second-order valence-electron chi connectivity index (χ2n) is 3.72. The first kappa shape index (κ1) is 11.7. The van der Waals surface area contributed by atoms with Crippen LogP contribution in [-0.4, -0.2) is 13.2 Å². The van der Waals surface area contributed by atoms with Gasteiger partial charge in [-0.2, -0.15) is 0 Å². The quantitative estimate of drug-likeness (QED) is 0.670. The van der Waals surface area contributed by atoms with Gasteiger partial charge in [0.1, 0.15) is 0 Å². The van der Waals surface area contributed by atoms with Gasteiger partial charge in [0.25, 0.3) is 7.73 Å². The predicted molar refractivity (Wildman–Crippen MR) is 56.9 cm³/mol. The fourth-order valence-corrected chi connectivity index (χ4v) is 2.65. The van der Waals surface area contributed by atoms with Gasteiger partial charge in [-0.15, -0.1) is 0 Å². The summed E-state index contributed by atoms with van der Waals surface area (Å²) in [7, 11) is -1.10. The molecule has 0 spiro atoms. The van der Waals surface area contributed by atoms with E-state index in [0.717, 1.165) is 19.6 Å². The second-order valence-corrected chi connectivity index (χ2v) is 5.49. The summed E-state index contributed by atoms with van der Waals surface area (Å²) in [6.07, 6.45) is 4.80. The van der Waals surface area contributed by atoms with Crippen LogP contribution in [-0.2, 0) is 9.05 Å². The largest absolute Gasteiger partial charge is 0.321 e. The van der Waals surface area contributed by atoms with Crippen molar-refractivity contribution in [1.82, 2.24) is 0 Å². The molecule has 1 fully saturated rings. The molecule has 0 amide bonds. The summed E-state index contributed by atoms with van der Waals surface area (Å²) in [6, 6.07) is 0. The lowest BCUT2D eigenvalue weighted by molar-refractivity contribution is 0.0280. The van der Waals surface area contributed by atoms with Gasteiger partial charge in [0.2, 0.25) is 0 Å². The molecule has 0 aliphatic carbocycles. The fraction of sp³-hybridized carbons (Fsp3) is 1.00. The minimum absolute atomic E-state index is 0.240. The van der Waals surface area contributed by atoms with Gasteiger partial charge in [-0.3, -0.25) is 0 Å². The Bertz CT molecular complexity index is 141. The van der Waals surface area contributed by atoms with Crippen molar-refractivity contribution in [3.05, 3.63) is 0 Å². The number of hydrogen-bond acceptors (Lipinski definition) is 2. The molecule has 78 valence electrons. The van der Waals surface area contributed by atoms with Crippen LogP contribution in [0.4, 0.5) is 0 Å². The Kier molecular flexibility index (Phi) is 4.96. The number of halogens is 1. The van der Waals surface area contributed by atoms with Gasteiger partial charge in [-0.25, -0.2) is 0 Å². The van der Waals surface area contributed by atoms with Crippen LogP contribution in [0.2, 0.25) is 0 Å². The summed E-state index contributed by atoms with van der Waals surface area (Å²) in [6.45, 7) is 5.96. The van der Waals surface area contributed by atoms with Gasteiger partial charge in [0, 0.05) is 5.41 Å². The summed E-state index contributed by atoms with van der Waals surface area (Å²) < 4.78 is 10.8. The smallest absolute Gasteiger partial charge is 0.276 e. The summed E-state index contributed by atoms with van der Waals surface area (Å²) in [5.41, 5.74) is 0.240. The van der Waals surface area contributed by atoms with Crippen LogP contribution in [0.1, 0.15) is 39.5 Å². The zero-order valence-electron chi connectivity index (χ0n) is 8.38. The molecule has 0 bridgehead atoms. The minimum atomic E-state index is -1.10. The van der Waals surface area contributed by atoms with Crippen molar-refractivity contribution in [2.75, 3.05) is 13.2 Å². The third kappa shape index (κ3) is 3.36. The van der Waals surface area contributed by atoms with Crippen molar-refractivity contribution in [3.63, 3.8) is 0 Å². The molecule has 0 atom stereocenters. The van der Waals surface area contributed by atoms with E-state index in [9.17, 15) is 0 Å². The lowest BCUT2D eigenvalue weighted by atomic mass is 9.82. The van der Waals surface area contributed by atoms with Crippen LogP contribution in [0.3, 0.4) is 0 Å². The molecule has 0 aromatic rings. The molecule has 13 heavy (non-hydrogen) atoms. The fourth-order valence-electron chi connectivity index (χ4n) is 1.53. The molecular formula is C9H18ClO2P. The first-order valence-electron chi connectivity index (χ1n) is 4.94. The normalized spacial score (nSPS) is 34.8. The van der Waals surface area contributed by atoms with Crippen LogP contribution in [0, 0.1) is 5.41 Å². The van der Waals surface area contributed by atoms with Crippen LogP contribution in [0.25, 0.3) is 0 Å². The van der Waals surface area contributed by atoms with Gasteiger partial charge >= 0.3 is 0 Å². The van der Waals surface area contributed by atoms with Crippen molar-refractivity contribution < 1.29 is 9.05 Å². The van der Waals surface area contributed by atoms with Gasteiger partial charge in [0.05, 0.1) is 13.2 Å². The van der Waals surface area contributed by atoms with E-state index in [2.05, 4.69) is 13.8 Å². The second kappa shape index (κ2) is 5.50. The molecule has 4 heteroatoms. The SMILES string of the molecule is CCCCC1(CC)COP(Cl)OC1. The first-order chi connectivity index (χ1) is 6.22. The van der Waals surface area contributed by atoms with E-state index in [4.69, 9.17) is 20.3 Å². The number of unbranched alkanes of at least 4 members (excludes halogenated alkanes) is 1. The van der Waals surface area contributed by atoms with E-state index < -0.39 is 7.73 Å². The van der Waals surface area contributed by atoms with Gasteiger partial charge in [-0.05, 0) is 24.1 Å². The summed E-state index contributed by atoms with van der Waals surface area (Å²) >= 11 is 5.76. The van der Waals surface area contributed by atoms with Gasteiger partial charge in [-0.1, -0.05) is 26.7 Å². The predicted octanol–water partition coefficient (Wildman–Crippen LogP) is 4.09. The Morgan fingerprint density at radius 2 is 1.92 bits per heavy atom. The van der Waals surface area contributed by atoms with E-state index >= 15 is 0 Å². The Labute approximate surface area is 86.6 Å². The van der Waals surface area contributed by atoms with E-state index in [1.807, 2.05) is 0 Å². The van der Waals surface area contributed by atoms with Crippen molar-refractivity contribution in [3.8, 4) is 0 Å². The molecule has 2 nitrogen and oxygen atoms in total. The molecule has 1 heterocycles. The average molecular weight is 225 g/mol. The van der Waals surface area contributed by atoms with Crippen molar-refractivity contribution in [2.24, 2.45) is 5.41 Å². The number of rotatable bonds is 4. The van der Waals surface area contributed by atoms with E-state index in [0.29, 0.717) is 0 Å². The topological polar surface area (TPSA) is 18.5 Å². The lowest BCUT2D eigenvalue weighted by Gasteiger charge is -2.37. The van der Waals surface area contributed by atoms with E-state index in [-0.39, 0.29) is 5.41 Å². The average Bonchev–Trinajstić information content (AvgIpc) is 2.18. The molecule has 1 aliphatic rings. The van der Waals surface area contributed by atoms with Crippen LogP contribution < -0.4 is 0 Å². The highest BCUT2D eigenvalue weighted by Crippen LogP contribution is 2.51. The Balaban J connectivity index is 2.40. The van der Waals surface area contributed by atoms with Crippen LogP contribution >= 0.6 is 19.0 Å². The Morgan fingerprint density at radius 3 is 2.38 bits per heavy atom. The zero-order valence-corrected chi connectivity index (χ0v) is 10.0. The van der Waals surface area contributed by atoms with E-state index in [1.54, 1.807) is 0 Å². The molecule has 0 aromatic carbocycles. The highest BCUT2D eigenvalue weighted by molar-refractivity contribution is 7.76. The van der Waals surface area contributed by atoms with Gasteiger partial charge in [0.15, 0.2) is 0 Å². The Morgan fingerprint density at radius 1 is 1.31 bits per heavy atom. The summed E-state index contributed by atoms with van der Waals surface area (Å²) in [5, 5.41) is 0. The molecule has 0 aromatic heterocycles. The standard InChI is InChI=1S/C9H18ClO2P/c1-3-5-6-9(4-2)7-11-13(10)12-8-9/h3-8H2,1-2H3. The maximum atomic E-state index is 5.76. The maximum Gasteiger partial charge on any atom is 0.276 e. The zero-order chi connectivity index (χ0) is 9.73. The minimum Gasteiger partial charge on any atom is -0.321 e. The molecule has 1 saturated heterocycles. The third-order valence-corrected chi connectivity index (χ3v) is 4.00. The molecule has 0 unspecified atom stereocenters. The van der Waals surface area contributed by atoms with E-state index in [1.165, 1.54) is 19.3 Å². The molecule has 0 radical (unpaired) electrons.